The molecule has 19 heavy (non-hydrogen) atoms. The molecule has 5 nitrogen and oxygen atoms in total. The van der Waals surface area contributed by atoms with E-state index in [4.69, 9.17) is 10.8 Å². The zero-order chi connectivity index (χ0) is 13.8. The number of nitrogens with two attached hydrogens (primary N) is 1. The molecule has 1 amide bonds. The van der Waals surface area contributed by atoms with Crippen LogP contribution in [0, 0.1) is 11.8 Å². The second kappa shape index (κ2) is 6.37. The first-order chi connectivity index (χ1) is 9.08. The van der Waals surface area contributed by atoms with Crippen LogP contribution >= 0.6 is 0 Å². The summed E-state index contributed by atoms with van der Waals surface area (Å²) in [6.45, 7) is 1.54. The van der Waals surface area contributed by atoms with Gasteiger partial charge in [0.05, 0.1) is 5.92 Å². The van der Waals surface area contributed by atoms with Gasteiger partial charge in [-0.3, -0.25) is 9.59 Å². The van der Waals surface area contributed by atoms with E-state index in [1.165, 1.54) is 0 Å². The number of carbonyl (C=O) groups excluding carboxylic acids is 1. The minimum atomic E-state index is -0.726. The Labute approximate surface area is 114 Å². The van der Waals surface area contributed by atoms with Gasteiger partial charge >= 0.3 is 5.97 Å². The van der Waals surface area contributed by atoms with Gasteiger partial charge in [0, 0.05) is 25.6 Å². The van der Waals surface area contributed by atoms with Crippen molar-refractivity contribution < 1.29 is 14.7 Å². The second-order valence-electron chi connectivity index (χ2n) is 5.90. The molecule has 1 aliphatic carbocycles. The molecule has 2 fully saturated rings. The Balaban J connectivity index is 1.76. The summed E-state index contributed by atoms with van der Waals surface area (Å²) in [7, 11) is 0. The standard InChI is InChI=1S/C14H24N2O3/c15-12-3-1-2-11(12)14(19)16-8-6-10(7-9-16)4-5-13(17)18/h10-12H,1-9,15H2,(H,17,18). The highest BCUT2D eigenvalue weighted by atomic mass is 16.4. The number of aliphatic carboxylic acids is 1. The first-order valence-corrected chi connectivity index (χ1v) is 7.34. The molecule has 0 aromatic carbocycles. The van der Waals surface area contributed by atoms with Crippen molar-refractivity contribution in [1.29, 1.82) is 0 Å². The molecule has 0 bridgehead atoms. The van der Waals surface area contributed by atoms with Gasteiger partial charge in [0.25, 0.3) is 0 Å². The topological polar surface area (TPSA) is 83.6 Å². The lowest BCUT2D eigenvalue weighted by Crippen LogP contribution is -2.45. The number of hydrogen-bond donors (Lipinski definition) is 2. The molecule has 1 heterocycles. The number of rotatable bonds is 4. The Morgan fingerprint density at radius 3 is 2.37 bits per heavy atom. The van der Waals surface area contributed by atoms with E-state index in [2.05, 4.69) is 0 Å². The van der Waals surface area contributed by atoms with Crippen LogP contribution in [0.15, 0.2) is 0 Å². The summed E-state index contributed by atoms with van der Waals surface area (Å²) in [5, 5.41) is 8.68. The molecule has 0 aromatic rings. The Bertz CT molecular complexity index is 338. The van der Waals surface area contributed by atoms with E-state index < -0.39 is 5.97 Å². The van der Waals surface area contributed by atoms with Crippen LogP contribution in [0.1, 0.15) is 44.9 Å². The van der Waals surface area contributed by atoms with Crippen LogP contribution < -0.4 is 5.73 Å². The van der Waals surface area contributed by atoms with Crippen molar-refractivity contribution in [3.05, 3.63) is 0 Å². The summed E-state index contributed by atoms with van der Waals surface area (Å²) in [6.07, 6.45) is 5.80. The second-order valence-corrected chi connectivity index (χ2v) is 5.90. The largest absolute Gasteiger partial charge is 0.481 e. The fourth-order valence-electron chi connectivity index (χ4n) is 3.30. The highest BCUT2D eigenvalue weighted by Gasteiger charge is 2.34. The highest BCUT2D eigenvalue weighted by molar-refractivity contribution is 5.80. The molecule has 2 aliphatic rings. The predicted molar refractivity (Wildman–Crippen MR) is 71.5 cm³/mol. The fraction of sp³-hybridized carbons (Fsp3) is 0.857. The van der Waals surface area contributed by atoms with E-state index in [1.807, 2.05) is 4.90 Å². The third-order valence-corrected chi connectivity index (χ3v) is 4.58. The molecule has 2 rings (SSSR count). The normalized spacial score (nSPS) is 28.6. The van der Waals surface area contributed by atoms with Crippen LogP contribution in [0.4, 0.5) is 0 Å². The molecule has 2 atom stereocenters. The molecule has 0 aromatic heterocycles. The lowest BCUT2D eigenvalue weighted by atomic mass is 9.91. The third kappa shape index (κ3) is 3.69. The number of carboxylic acids is 1. The number of carbonyl (C=O) groups is 2. The van der Waals surface area contributed by atoms with Crippen LogP contribution in [0.5, 0.6) is 0 Å². The summed E-state index contributed by atoms with van der Waals surface area (Å²) in [5.41, 5.74) is 5.98. The highest BCUT2D eigenvalue weighted by Crippen LogP contribution is 2.28. The van der Waals surface area contributed by atoms with Crippen LogP contribution in [0.2, 0.25) is 0 Å². The molecule has 108 valence electrons. The van der Waals surface area contributed by atoms with Crippen molar-refractivity contribution in [1.82, 2.24) is 4.90 Å². The van der Waals surface area contributed by atoms with Gasteiger partial charge in [0.15, 0.2) is 0 Å². The lowest BCUT2D eigenvalue weighted by molar-refractivity contribution is -0.139. The molecule has 2 unspecified atom stereocenters. The van der Waals surface area contributed by atoms with Gasteiger partial charge in [0.1, 0.15) is 0 Å². The fourth-order valence-corrected chi connectivity index (χ4v) is 3.30. The first kappa shape index (κ1) is 14.3. The SMILES string of the molecule is NC1CCCC1C(=O)N1CCC(CCC(=O)O)CC1. The average Bonchev–Trinajstić information content (AvgIpc) is 2.82. The maximum Gasteiger partial charge on any atom is 0.303 e. The van der Waals surface area contributed by atoms with Crippen molar-refractivity contribution >= 4 is 11.9 Å². The Hall–Kier alpha value is -1.10. The van der Waals surface area contributed by atoms with Crippen molar-refractivity contribution in [3.63, 3.8) is 0 Å². The maximum atomic E-state index is 12.3. The summed E-state index contributed by atoms with van der Waals surface area (Å²) in [6, 6.07) is 0.0391. The molecule has 0 spiro atoms. The molecular weight excluding hydrogens is 244 g/mol. The molecule has 5 heteroatoms. The molecule has 3 N–H and O–H groups in total. The molecular formula is C14H24N2O3. The summed E-state index contributed by atoms with van der Waals surface area (Å²) >= 11 is 0. The Morgan fingerprint density at radius 1 is 1.16 bits per heavy atom. The zero-order valence-corrected chi connectivity index (χ0v) is 11.4. The number of amides is 1. The Morgan fingerprint density at radius 2 is 1.84 bits per heavy atom. The molecule has 0 radical (unpaired) electrons. The third-order valence-electron chi connectivity index (χ3n) is 4.58. The van der Waals surface area contributed by atoms with E-state index >= 15 is 0 Å². The monoisotopic (exact) mass is 268 g/mol. The smallest absolute Gasteiger partial charge is 0.303 e. The van der Waals surface area contributed by atoms with Crippen LogP contribution in [-0.2, 0) is 9.59 Å². The molecule has 1 aliphatic heterocycles. The first-order valence-electron chi connectivity index (χ1n) is 7.34. The molecule has 1 saturated heterocycles. The van der Waals surface area contributed by atoms with E-state index in [-0.39, 0.29) is 24.3 Å². The minimum absolute atomic E-state index is 0.0237. The summed E-state index contributed by atoms with van der Waals surface area (Å²) in [5.74, 6) is -0.0231. The number of nitrogens with zero attached hydrogens (tertiary/aromatic N) is 1. The van der Waals surface area contributed by atoms with E-state index in [0.29, 0.717) is 5.92 Å². The zero-order valence-electron chi connectivity index (χ0n) is 11.4. The van der Waals surface area contributed by atoms with Gasteiger partial charge in [-0.15, -0.1) is 0 Å². The Kier molecular flexibility index (Phi) is 4.80. The quantitative estimate of drug-likeness (QED) is 0.803. The number of carboxylic acid groups (broad SMARTS) is 1. The van der Waals surface area contributed by atoms with Gasteiger partial charge in [-0.25, -0.2) is 0 Å². The number of hydrogen-bond acceptors (Lipinski definition) is 3. The van der Waals surface area contributed by atoms with Gasteiger partial charge in [-0.1, -0.05) is 6.42 Å². The van der Waals surface area contributed by atoms with Crippen LogP contribution in [0.25, 0.3) is 0 Å². The minimum Gasteiger partial charge on any atom is -0.481 e. The molecule has 1 saturated carbocycles. The van der Waals surface area contributed by atoms with Crippen molar-refractivity contribution in [2.45, 2.75) is 51.0 Å². The van der Waals surface area contributed by atoms with E-state index in [1.54, 1.807) is 0 Å². The van der Waals surface area contributed by atoms with E-state index in [9.17, 15) is 9.59 Å². The number of likely N-dealkylation sites (tertiary alicyclic amines) is 1. The maximum absolute atomic E-state index is 12.3. The van der Waals surface area contributed by atoms with Gasteiger partial charge < -0.3 is 15.7 Å². The lowest BCUT2D eigenvalue weighted by Gasteiger charge is -2.34. The summed E-state index contributed by atoms with van der Waals surface area (Å²) < 4.78 is 0. The summed E-state index contributed by atoms with van der Waals surface area (Å²) in [4.78, 5) is 24.8. The van der Waals surface area contributed by atoms with Gasteiger partial charge in [0.2, 0.25) is 5.91 Å². The predicted octanol–water partition coefficient (Wildman–Crippen LogP) is 1.22. The van der Waals surface area contributed by atoms with Crippen molar-refractivity contribution in [2.24, 2.45) is 17.6 Å². The van der Waals surface area contributed by atoms with Crippen LogP contribution in [-0.4, -0.2) is 41.0 Å². The van der Waals surface area contributed by atoms with Crippen LogP contribution in [0.3, 0.4) is 0 Å². The number of piperidine rings is 1. The van der Waals surface area contributed by atoms with Gasteiger partial charge in [-0.2, -0.15) is 0 Å². The van der Waals surface area contributed by atoms with Crippen molar-refractivity contribution in [3.8, 4) is 0 Å². The van der Waals surface area contributed by atoms with Crippen molar-refractivity contribution in [2.75, 3.05) is 13.1 Å². The van der Waals surface area contributed by atoms with E-state index in [0.717, 1.165) is 51.6 Å². The average molecular weight is 268 g/mol. The van der Waals surface area contributed by atoms with Gasteiger partial charge in [-0.05, 0) is 38.0 Å².